The topological polar surface area (TPSA) is 28.7 Å². The first-order valence-electron chi connectivity index (χ1n) is 7.88. The molecule has 0 radical (unpaired) electrons. The highest BCUT2D eigenvalue weighted by atomic mass is 35.5. The van der Waals surface area contributed by atoms with Gasteiger partial charge in [0.2, 0.25) is 0 Å². The predicted octanol–water partition coefficient (Wildman–Crippen LogP) is 6.20. The van der Waals surface area contributed by atoms with Gasteiger partial charge < -0.3 is 4.98 Å². The number of nitrogens with one attached hydrogen (secondary N) is 1. The Morgan fingerprint density at radius 1 is 0.720 bits per heavy atom. The largest absolute Gasteiger partial charge is 0.337 e. The fourth-order valence-electron chi connectivity index (χ4n) is 2.75. The SMILES string of the molecule is Fc1ccc(-c2[nH]c(-c3ccccc3)nc2-c2ccc(Cl)cc2)cc1. The third-order valence-corrected chi connectivity index (χ3v) is 4.25. The molecular weight excluding hydrogens is 335 g/mol. The van der Waals surface area contributed by atoms with Crippen molar-refractivity contribution in [1.82, 2.24) is 9.97 Å². The zero-order chi connectivity index (χ0) is 17.2. The van der Waals surface area contributed by atoms with Crippen LogP contribution in [-0.2, 0) is 0 Å². The van der Waals surface area contributed by atoms with E-state index in [2.05, 4.69) is 4.98 Å². The molecule has 0 aliphatic heterocycles. The number of halogens is 2. The predicted molar refractivity (Wildman–Crippen MR) is 99.9 cm³/mol. The van der Waals surface area contributed by atoms with Crippen LogP contribution in [0.2, 0.25) is 5.02 Å². The Balaban J connectivity index is 1.89. The standard InChI is InChI=1S/C21H14ClFN2/c22-17-10-6-14(7-11-17)19-20(15-8-12-18(23)13-9-15)25-21(24-19)16-4-2-1-3-5-16/h1-13H,(H,24,25). The monoisotopic (exact) mass is 348 g/mol. The van der Waals surface area contributed by atoms with Crippen LogP contribution in [0.5, 0.6) is 0 Å². The van der Waals surface area contributed by atoms with Crippen LogP contribution in [0.3, 0.4) is 0 Å². The van der Waals surface area contributed by atoms with Gasteiger partial charge in [-0.1, -0.05) is 54.1 Å². The Labute approximate surface area is 150 Å². The molecule has 122 valence electrons. The summed E-state index contributed by atoms with van der Waals surface area (Å²) in [6, 6.07) is 23.8. The molecule has 0 saturated carbocycles. The second kappa shape index (κ2) is 6.54. The molecule has 1 aromatic heterocycles. The number of H-pyrrole nitrogens is 1. The summed E-state index contributed by atoms with van der Waals surface area (Å²) in [5.41, 5.74) is 4.47. The average molecular weight is 349 g/mol. The van der Waals surface area contributed by atoms with Crippen LogP contribution in [0.15, 0.2) is 78.9 Å². The number of benzene rings is 3. The molecule has 0 unspecified atom stereocenters. The van der Waals surface area contributed by atoms with Crippen molar-refractivity contribution in [3.8, 4) is 33.9 Å². The van der Waals surface area contributed by atoms with E-state index >= 15 is 0 Å². The number of aromatic nitrogens is 2. The maximum absolute atomic E-state index is 13.3. The van der Waals surface area contributed by atoms with Gasteiger partial charge in [-0.05, 0) is 36.4 Å². The summed E-state index contributed by atoms with van der Waals surface area (Å²) in [5, 5.41) is 0.672. The number of hydrogen-bond acceptors (Lipinski definition) is 1. The van der Waals surface area contributed by atoms with Crippen LogP contribution in [0.4, 0.5) is 4.39 Å². The van der Waals surface area contributed by atoms with E-state index in [1.807, 2.05) is 54.6 Å². The lowest BCUT2D eigenvalue weighted by atomic mass is 10.1. The molecule has 1 N–H and O–H groups in total. The Hall–Kier alpha value is -2.91. The smallest absolute Gasteiger partial charge is 0.138 e. The van der Waals surface area contributed by atoms with Gasteiger partial charge in [0.05, 0.1) is 11.4 Å². The fraction of sp³-hybridized carbons (Fsp3) is 0. The lowest BCUT2D eigenvalue weighted by Gasteiger charge is -2.03. The first-order chi connectivity index (χ1) is 12.2. The number of imidazole rings is 1. The quantitative estimate of drug-likeness (QED) is 0.469. The number of nitrogens with zero attached hydrogens (tertiary/aromatic N) is 1. The van der Waals surface area contributed by atoms with E-state index in [1.165, 1.54) is 12.1 Å². The van der Waals surface area contributed by atoms with Gasteiger partial charge in [-0.3, -0.25) is 0 Å². The molecule has 1 heterocycles. The van der Waals surface area contributed by atoms with E-state index in [1.54, 1.807) is 12.1 Å². The van der Waals surface area contributed by atoms with Gasteiger partial charge in [0.1, 0.15) is 11.6 Å². The molecule has 2 nitrogen and oxygen atoms in total. The normalized spacial score (nSPS) is 10.8. The minimum absolute atomic E-state index is 0.264. The molecule has 0 saturated heterocycles. The molecule has 0 aliphatic rings. The third kappa shape index (κ3) is 3.19. The highest BCUT2D eigenvalue weighted by Gasteiger charge is 2.15. The van der Waals surface area contributed by atoms with E-state index < -0.39 is 0 Å². The van der Waals surface area contributed by atoms with Crippen molar-refractivity contribution in [2.24, 2.45) is 0 Å². The lowest BCUT2D eigenvalue weighted by Crippen LogP contribution is -1.84. The number of rotatable bonds is 3. The molecule has 4 aromatic rings. The Morgan fingerprint density at radius 3 is 2.04 bits per heavy atom. The summed E-state index contributed by atoms with van der Waals surface area (Å²) in [7, 11) is 0. The second-order valence-corrected chi connectivity index (χ2v) is 6.13. The minimum atomic E-state index is -0.264. The lowest BCUT2D eigenvalue weighted by molar-refractivity contribution is 0.628. The summed E-state index contributed by atoms with van der Waals surface area (Å²) >= 11 is 6.00. The molecule has 0 amide bonds. The van der Waals surface area contributed by atoms with Crippen molar-refractivity contribution in [3.05, 3.63) is 89.7 Å². The summed E-state index contributed by atoms with van der Waals surface area (Å²) < 4.78 is 13.3. The molecule has 0 fully saturated rings. The van der Waals surface area contributed by atoms with Crippen molar-refractivity contribution in [2.75, 3.05) is 0 Å². The molecule has 4 rings (SSSR count). The molecule has 4 heteroatoms. The zero-order valence-electron chi connectivity index (χ0n) is 13.2. The van der Waals surface area contributed by atoms with Gasteiger partial charge in [-0.25, -0.2) is 9.37 Å². The Kier molecular flexibility index (Phi) is 4.08. The molecule has 0 aliphatic carbocycles. The van der Waals surface area contributed by atoms with Crippen LogP contribution in [-0.4, -0.2) is 9.97 Å². The molecular formula is C21H14ClFN2. The van der Waals surface area contributed by atoms with Crippen LogP contribution >= 0.6 is 11.6 Å². The summed E-state index contributed by atoms with van der Waals surface area (Å²) in [6.45, 7) is 0. The van der Waals surface area contributed by atoms with E-state index in [9.17, 15) is 4.39 Å². The molecule has 3 aromatic carbocycles. The number of hydrogen-bond donors (Lipinski definition) is 1. The average Bonchev–Trinajstić information content (AvgIpc) is 3.09. The van der Waals surface area contributed by atoms with Gasteiger partial charge in [-0.15, -0.1) is 0 Å². The van der Waals surface area contributed by atoms with Gasteiger partial charge >= 0.3 is 0 Å². The number of aromatic amines is 1. The van der Waals surface area contributed by atoms with Crippen molar-refractivity contribution >= 4 is 11.6 Å². The molecule has 25 heavy (non-hydrogen) atoms. The van der Waals surface area contributed by atoms with Crippen LogP contribution in [0.1, 0.15) is 0 Å². The van der Waals surface area contributed by atoms with Crippen LogP contribution in [0, 0.1) is 5.82 Å². The summed E-state index contributed by atoms with van der Waals surface area (Å²) in [6.07, 6.45) is 0. The van der Waals surface area contributed by atoms with E-state index in [0.717, 1.165) is 33.9 Å². The van der Waals surface area contributed by atoms with Gasteiger partial charge in [-0.2, -0.15) is 0 Å². The molecule has 0 bridgehead atoms. The minimum Gasteiger partial charge on any atom is -0.337 e. The molecule has 0 spiro atoms. The first kappa shape index (κ1) is 15.6. The van der Waals surface area contributed by atoms with Crippen molar-refractivity contribution in [1.29, 1.82) is 0 Å². The van der Waals surface area contributed by atoms with Crippen molar-refractivity contribution in [2.45, 2.75) is 0 Å². The third-order valence-electron chi connectivity index (χ3n) is 4.00. The highest BCUT2D eigenvalue weighted by molar-refractivity contribution is 6.30. The van der Waals surface area contributed by atoms with Crippen LogP contribution in [0.25, 0.3) is 33.9 Å². The second-order valence-electron chi connectivity index (χ2n) is 5.69. The summed E-state index contributed by atoms with van der Waals surface area (Å²) in [5.74, 6) is 0.504. The fourth-order valence-corrected chi connectivity index (χ4v) is 2.87. The Morgan fingerprint density at radius 2 is 1.36 bits per heavy atom. The maximum atomic E-state index is 13.3. The van der Waals surface area contributed by atoms with Crippen LogP contribution < -0.4 is 0 Å². The summed E-state index contributed by atoms with van der Waals surface area (Å²) in [4.78, 5) is 8.17. The Bertz CT molecular complexity index is 928. The van der Waals surface area contributed by atoms with Gasteiger partial charge in [0, 0.05) is 21.7 Å². The molecule has 0 atom stereocenters. The van der Waals surface area contributed by atoms with E-state index in [-0.39, 0.29) is 5.82 Å². The van der Waals surface area contributed by atoms with E-state index in [4.69, 9.17) is 16.6 Å². The zero-order valence-corrected chi connectivity index (χ0v) is 14.0. The van der Waals surface area contributed by atoms with Gasteiger partial charge in [0.25, 0.3) is 0 Å². The first-order valence-corrected chi connectivity index (χ1v) is 8.26. The van der Waals surface area contributed by atoms with Crippen molar-refractivity contribution < 1.29 is 4.39 Å². The highest BCUT2D eigenvalue weighted by Crippen LogP contribution is 2.33. The van der Waals surface area contributed by atoms with Crippen molar-refractivity contribution in [3.63, 3.8) is 0 Å². The maximum Gasteiger partial charge on any atom is 0.138 e. The van der Waals surface area contributed by atoms with E-state index in [0.29, 0.717) is 5.02 Å². The van der Waals surface area contributed by atoms with Gasteiger partial charge in [0.15, 0.2) is 0 Å².